The second-order valence-electron chi connectivity index (χ2n) is 6.02. The molecular formula is C13H16F3N5O4. The highest BCUT2D eigenvalue weighted by Gasteiger charge is 2.38. The van der Waals surface area contributed by atoms with E-state index in [4.69, 9.17) is 10.5 Å². The van der Waals surface area contributed by atoms with Crippen molar-refractivity contribution in [2.75, 3.05) is 12.3 Å². The molecule has 2 aromatic rings. The molecular weight excluding hydrogens is 347 g/mol. The standard InChI is InChI=1S/C13H16F3N5O4/c1-5-2-6(3-22)25-10(5)21-8-7(9(23)19-11(17)18-8)20(12(21)24)4-13(14,15)16/h5-6,10,22H,2-4H2,1H3,(H3,17,18,19,23)/t5-,6+,10-/m1/s1. The lowest BCUT2D eigenvalue weighted by Crippen LogP contribution is -2.33. The molecule has 0 radical (unpaired) electrons. The molecule has 1 aliphatic rings. The molecule has 3 heterocycles. The van der Waals surface area contributed by atoms with Crippen LogP contribution < -0.4 is 17.0 Å². The summed E-state index contributed by atoms with van der Waals surface area (Å²) >= 11 is 0. The number of rotatable bonds is 3. The summed E-state index contributed by atoms with van der Waals surface area (Å²) in [6.07, 6.45) is -5.84. The molecule has 4 N–H and O–H groups in total. The topological polar surface area (TPSA) is 128 Å². The second-order valence-corrected chi connectivity index (χ2v) is 6.02. The molecule has 0 aromatic carbocycles. The lowest BCUT2D eigenvalue weighted by atomic mass is 10.1. The molecule has 1 fully saturated rings. The predicted molar refractivity (Wildman–Crippen MR) is 79.9 cm³/mol. The molecule has 2 aromatic heterocycles. The summed E-state index contributed by atoms with van der Waals surface area (Å²) in [5.41, 5.74) is 2.63. The van der Waals surface area contributed by atoms with Crippen molar-refractivity contribution in [2.24, 2.45) is 5.92 Å². The Morgan fingerprint density at radius 2 is 2.12 bits per heavy atom. The first kappa shape index (κ1) is 17.5. The molecule has 0 saturated carbocycles. The summed E-state index contributed by atoms with van der Waals surface area (Å²) in [7, 11) is 0. The zero-order chi connectivity index (χ0) is 18.5. The minimum atomic E-state index is -4.72. The molecule has 12 heteroatoms. The molecule has 0 amide bonds. The third-order valence-corrected chi connectivity index (χ3v) is 4.08. The monoisotopic (exact) mass is 363 g/mol. The van der Waals surface area contributed by atoms with E-state index in [1.165, 1.54) is 0 Å². The quantitative estimate of drug-likeness (QED) is 0.701. The smallest absolute Gasteiger partial charge is 0.394 e. The Kier molecular flexibility index (Phi) is 4.11. The molecule has 0 spiro atoms. The van der Waals surface area contributed by atoms with Crippen LogP contribution in [0.3, 0.4) is 0 Å². The first-order chi connectivity index (χ1) is 11.6. The van der Waals surface area contributed by atoms with E-state index in [9.17, 15) is 27.9 Å². The van der Waals surface area contributed by atoms with Crippen LogP contribution in [-0.2, 0) is 11.3 Å². The van der Waals surface area contributed by atoms with Crippen LogP contribution in [0.25, 0.3) is 11.2 Å². The molecule has 0 aliphatic carbocycles. The van der Waals surface area contributed by atoms with Gasteiger partial charge in [-0.3, -0.25) is 14.3 Å². The second kappa shape index (κ2) is 5.88. The molecule has 0 unspecified atom stereocenters. The highest BCUT2D eigenvalue weighted by Crippen LogP contribution is 2.34. The lowest BCUT2D eigenvalue weighted by Gasteiger charge is -2.16. The van der Waals surface area contributed by atoms with E-state index in [1.54, 1.807) is 6.92 Å². The maximum absolute atomic E-state index is 12.8. The van der Waals surface area contributed by atoms with Crippen LogP contribution >= 0.6 is 0 Å². The number of hydrogen-bond acceptors (Lipinski definition) is 6. The Labute approximate surface area is 137 Å². The van der Waals surface area contributed by atoms with Gasteiger partial charge in [-0.15, -0.1) is 0 Å². The third kappa shape index (κ3) is 3.02. The summed E-state index contributed by atoms with van der Waals surface area (Å²) in [4.78, 5) is 30.6. The number of fused-ring (bicyclic) bond motifs is 1. The van der Waals surface area contributed by atoms with Crippen LogP contribution in [0, 0.1) is 5.92 Å². The molecule has 9 nitrogen and oxygen atoms in total. The fourth-order valence-corrected chi connectivity index (χ4v) is 3.11. The summed E-state index contributed by atoms with van der Waals surface area (Å²) in [6.45, 7) is -0.225. The Balaban J connectivity index is 2.27. The van der Waals surface area contributed by atoms with Crippen molar-refractivity contribution in [3.63, 3.8) is 0 Å². The van der Waals surface area contributed by atoms with E-state index in [-0.39, 0.29) is 24.1 Å². The number of H-pyrrole nitrogens is 1. The van der Waals surface area contributed by atoms with E-state index in [2.05, 4.69) is 9.97 Å². The average molecular weight is 363 g/mol. The number of ether oxygens (including phenoxy) is 1. The average Bonchev–Trinajstić information content (AvgIpc) is 2.96. The lowest BCUT2D eigenvalue weighted by molar-refractivity contribution is -0.140. The molecule has 3 rings (SSSR count). The van der Waals surface area contributed by atoms with E-state index in [1.807, 2.05) is 0 Å². The molecule has 138 valence electrons. The van der Waals surface area contributed by atoms with Crippen LogP contribution in [0.5, 0.6) is 0 Å². The largest absolute Gasteiger partial charge is 0.406 e. The molecule has 0 bridgehead atoms. The van der Waals surface area contributed by atoms with Gasteiger partial charge < -0.3 is 15.6 Å². The fraction of sp³-hybridized carbons (Fsp3) is 0.615. The number of hydrogen-bond donors (Lipinski definition) is 3. The minimum Gasteiger partial charge on any atom is -0.394 e. The number of aromatic amines is 1. The van der Waals surface area contributed by atoms with Crippen molar-refractivity contribution in [3.8, 4) is 0 Å². The Hall–Kier alpha value is -2.34. The number of aliphatic hydroxyl groups excluding tert-OH is 1. The van der Waals surface area contributed by atoms with Gasteiger partial charge in [-0.25, -0.2) is 9.36 Å². The van der Waals surface area contributed by atoms with Gasteiger partial charge >= 0.3 is 11.9 Å². The van der Waals surface area contributed by atoms with E-state index < -0.39 is 41.8 Å². The van der Waals surface area contributed by atoms with E-state index >= 15 is 0 Å². The van der Waals surface area contributed by atoms with E-state index in [0.29, 0.717) is 11.0 Å². The van der Waals surface area contributed by atoms with Crippen molar-refractivity contribution in [3.05, 3.63) is 20.8 Å². The molecule has 1 saturated heterocycles. The normalized spacial score (nSPS) is 24.3. The summed E-state index contributed by atoms with van der Waals surface area (Å²) in [6, 6.07) is 0. The van der Waals surface area contributed by atoms with Gasteiger partial charge in [0.05, 0.1) is 12.7 Å². The van der Waals surface area contributed by atoms with Gasteiger partial charge in [-0.2, -0.15) is 18.2 Å². The Morgan fingerprint density at radius 1 is 1.44 bits per heavy atom. The summed E-state index contributed by atoms with van der Waals surface area (Å²) in [5.74, 6) is -0.623. The first-order valence-corrected chi connectivity index (χ1v) is 7.46. The Morgan fingerprint density at radius 3 is 2.68 bits per heavy atom. The molecule has 3 atom stereocenters. The van der Waals surface area contributed by atoms with Crippen LogP contribution in [0.15, 0.2) is 9.59 Å². The van der Waals surface area contributed by atoms with Crippen LogP contribution in [0.4, 0.5) is 19.1 Å². The van der Waals surface area contributed by atoms with Gasteiger partial charge in [-0.05, 0) is 6.42 Å². The number of halogens is 3. The van der Waals surface area contributed by atoms with Crippen molar-refractivity contribution >= 4 is 17.1 Å². The Bertz CT molecular complexity index is 915. The first-order valence-electron chi connectivity index (χ1n) is 7.46. The minimum absolute atomic E-state index is 0.286. The zero-order valence-corrected chi connectivity index (χ0v) is 13.1. The number of aliphatic hydroxyl groups is 1. The van der Waals surface area contributed by atoms with Crippen LogP contribution in [0.1, 0.15) is 19.6 Å². The van der Waals surface area contributed by atoms with Gasteiger partial charge in [0.2, 0.25) is 5.95 Å². The van der Waals surface area contributed by atoms with Crippen molar-refractivity contribution in [1.29, 1.82) is 0 Å². The number of imidazole rings is 1. The number of alkyl halides is 3. The number of anilines is 1. The number of nitrogen functional groups attached to an aromatic ring is 1. The SMILES string of the molecule is C[C@@H]1C[C@@H](CO)O[C@H]1n1c(=O)n(CC(F)(F)F)c2c(=O)[nH]c(N)nc21. The highest BCUT2D eigenvalue weighted by atomic mass is 19.4. The van der Waals surface area contributed by atoms with Crippen LogP contribution in [0.2, 0.25) is 0 Å². The summed E-state index contributed by atoms with van der Waals surface area (Å²) in [5, 5.41) is 9.22. The maximum atomic E-state index is 12.8. The van der Waals surface area contributed by atoms with E-state index in [0.717, 1.165) is 4.57 Å². The fourth-order valence-electron chi connectivity index (χ4n) is 3.11. The van der Waals surface area contributed by atoms with Gasteiger partial charge in [-0.1, -0.05) is 6.92 Å². The van der Waals surface area contributed by atoms with Gasteiger partial charge in [0.25, 0.3) is 5.56 Å². The summed E-state index contributed by atoms with van der Waals surface area (Å²) < 4.78 is 45.3. The van der Waals surface area contributed by atoms with Gasteiger partial charge in [0.1, 0.15) is 12.8 Å². The number of aromatic nitrogens is 4. The number of nitrogens with zero attached hydrogens (tertiary/aromatic N) is 3. The van der Waals surface area contributed by atoms with Crippen molar-refractivity contribution in [2.45, 2.75) is 38.4 Å². The molecule has 25 heavy (non-hydrogen) atoms. The van der Waals surface area contributed by atoms with Crippen molar-refractivity contribution < 1.29 is 23.0 Å². The number of nitrogens with two attached hydrogens (primary N) is 1. The third-order valence-electron chi connectivity index (χ3n) is 4.08. The molecule has 1 aliphatic heterocycles. The van der Waals surface area contributed by atoms with Crippen molar-refractivity contribution in [1.82, 2.24) is 19.1 Å². The predicted octanol–water partition coefficient (Wildman–Crippen LogP) is -0.0533. The zero-order valence-electron chi connectivity index (χ0n) is 13.1. The van der Waals surface area contributed by atoms with Gasteiger partial charge in [0.15, 0.2) is 11.2 Å². The highest BCUT2D eigenvalue weighted by molar-refractivity contribution is 5.71. The van der Waals surface area contributed by atoms with Gasteiger partial charge in [0, 0.05) is 5.92 Å². The maximum Gasteiger partial charge on any atom is 0.406 e. The number of nitrogens with one attached hydrogen (secondary N) is 1. The van der Waals surface area contributed by atoms with Crippen LogP contribution in [-0.4, -0.2) is 43.1 Å².